The fourth-order valence-corrected chi connectivity index (χ4v) is 3.08. The molecule has 2 N–H and O–H groups in total. The van der Waals surface area contributed by atoms with Crippen LogP contribution in [0.3, 0.4) is 0 Å². The van der Waals surface area contributed by atoms with Gasteiger partial charge in [0, 0.05) is 23.2 Å². The number of ether oxygens (including phenoxy) is 1. The molecule has 0 saturated heterocycles. The number of ketones is 1. The van der Waals surface area contributed by atoms with Gasteiger partial charge in [-0.1, -0.05) is 48.4 Å². The molecule has 172 valence electrons. The number of carbonyl (C=O) groups excluding carboxylic acids is 4. The van der Waals surface area contributed by atoms with Gasteiger partial charge in [-0.05, 0) is 31.4 Å². The second-order valence-electron chi connectivity index (χ2n) is 7.09. The van der Waals surface area contributed by atoms with Crippen LogP contribution < -0.4 is 10.6 Å². The Labute approximate surface area is 197 Å². The Kier molecular flexibility index (Phi) is 10.6. The van der Waals surface area contributed by atoms with Crippen molar-refractivity contribution in [1.29, 1.82) is 0 Å². The van der Waals surface area contributed by atoms with E-state index in [0.717, 1.165) is 0 Å². The van der Waals surface area contributed by atoms with Gasteiger partial charge in [0.2, 0.25) is 5.91 Å². The normalized spacial score (nSPS) is 11.0. The van der Waals surface area contributed by atoms with Crippen molar-refractivity contribution < 1.29 is 23.9 Å². The van der Waals surface area contributed by atoms with E-state index in [2.05, 4.69) is 16.6 Å². The Balaban J connectivity index is 1.98. The third-order valence-electron chi connectivity index (χ3n) is 4.70. The predicted molar refractivity (Wildman–Crippen MR) is 125 cm³/mol. The molecule has 0 fully saturated rings. The first-order chi connectivity index (χ1) is 16.0. The summed E-state index contributed by atoms with van der Waals surface area (Å²) >= 11 is 5.42. The first-order valence-corrected chi connectivity index (χ1v) is 10.9. The van der Waals surface area contributed by atoms with Crippen molar-refractivity contribution >= 4 is 35.2 Å². The minimum atomic E-state index is -0.903. The van der Waals surface area contributed by atoms with Gasteiger partial charge in [0.15, 0.2) is 12.4 Å². The van der Waals surface area contributed by atoms with Gasteiger partial charge in [-0.2, -0.15) is 0 Å². The number of halogens is 1. The molecule has 7 nitrogen and oxygen atoms in total. The molecule has 2 aromatic carbocycles. The molecule has 0 aliphatic carbocycles. The van der Waals surface area contributed by atoms with Crippen LogP contribution >= 0.6 is 11.6 Å². The molecular weight excluding hydrogens is 444 g/mol. The fourth-order valence-electron chi connectivity index (χ4n) is 2.98. The van der Waals surface area contributed by atoms with Crippen LogP contribution in [0.1, 0.15) is 45.5 Å². The summed E-state index contributed by atoms with van der Waals surface area (Å²) in [6.07, 6.45) is 6.58. The minimum Gasteiger partial charge on any atom is -0.451 e. The molecular formula is C25H25ClN2O5. The average molecular weight is 469 g/mol. The summed E-state index contributed by atoms with van der Waals surface area (Å²) in [6, 6.07) is 14.1. The van der Waals surface area contributed by atoms with Crippen LogP contribution in [0.15, 0.2) is 54.6 Å². The number of terminal acetylenes is 1. The Morgan fingerprint density at radius 2 is 1.58 bits per heavy atom. The smallest absolute Gasteiger partial charge is 0.329 e. The maximum atomic E-state index is 12.7. The Bertz CT molecular complexity index is 1000. The van der Waals surface area contributed by atoms with E-state index in [-0.39, 0.29) is 24.2 Å². The molecule has 0 saturated carbocycles. The molecule has 0 aromatic heterocycles. The number of unbranched alkanes of at least 4 members (excludes halogenated alkanes) is 1. The molecule has 8 heteroatoms. The van der Waals surface area contributed by atoms with Gasteiger partial charge < -0.3 is 15.4 Å². The number of hydrogen-bond acceptors (Lipinski definition) is 5. The number of alkyl halides is 1. The lowest BCUT2D eigenvalue weighted by Crippen LogP contribution is -2.42. The lowest BCUT2D eigenvalue weighted by atomic mass is 10.0. The van der Waals surface area contributed by atoms with E-state index < -0.39 is 17.9 Å². The summed E-state index contributed by atoms with van der Waals surface area (Å²) in [5.41, 5.74) is 1.29. The average Bonchev–Trinajstić information content (AvgIpc) is 2.86. The van der Waals surface area contributed by atoms with E-state index in [1.807, 2.05) is 6.07 Å². The molecule has 2 aromatic rings. The monoisotopic (exact) mass is 468 g/mol. The van der Waals surface area contributed by atoms with E-state index in [4.69, 9.17) is 22.8 Å². The summed E-state index contributed by atoms with van der Waals surface area (Å²) in [4.78, 5) is 48.7. The van der Waals surface area contributed by atoms with E-state index in [0.29, 0.717) is 42.5 Å². The topological polar surface area (TPSA) is 102 Å². The molecule has 2 rings (SSSR count). The van der Waals surface area contributed by atoms with Gasteiger partial charge in [0.1, 0.15) is 11.9 Å². The molecule has 0 aliphatic rings. The highest BCUT2D eigenvalue weighted by molar-refractivity contribution is 6.27. The van der Waals surface area contributed by atoms with Crippen molar-refractivity contribution in [3.63, 3.8) is 0 Å². The zero-order chi connectivity index (χ0) is 24.1. The zero-order valence-corrected chi connectivity index (χ0v) is 18.8. The first kappa shape index (κ1) is 25.6. The summed E-state index contributed by atoms with van der Waals surface area (Å²) in [7, 11) is 0. The minimum absolute atomic E-state index is 0.118. The molecule has 0 unspecified atom stereocenters. The van der Waals surface area contributed by atoms with E-state index in [1.54, 1.807) is 36.4 Å². The van der Waals surface area contributed by atoms with Gasteiger partial charge in [-0.15, -0.1) is 18.0 Å². The number of benzene rings is 2. The second kappa shape index (κ2) is 13.7. The van der Waals surface area contributed by atoms with Gasteiger partial charge in [-0.3, -0.25) is 14.4 Å². The molecule has 0 radical (unpaired) electrons. The highest BCUT2D eigenvalue weighted by Gasteiger charge is 2.22. The van der Waals surface area contributed by atoms with E-state index in [9.17, 15) is 19.2 Å². The molecule has 0 heterocycles. The van der Waals surface area contributed by atoms with Gasteiger partial charge in [-0.25, -0.2) is 4.79 Å². The standard InChI is InChI=1S/C25H25ClN2O5/c1-2-16-33-25(32)21(10-6-7-15-27-22(29)17-26)28-24(31)20-13-11-19(12-14-20)23(30)18-8-4-3-5-9-18/h1,3-5,8-9,11-14,21H,6-7,10,15-17H2,(H,27,29)(H,28,31)/t21-/m0/s1. The SMILES string of the molecule is C#CCOC(=O)[C@H](CCCCNC(=O)CCl)NC(=O)c1ccc(C(=O)c2ccccc2)cc1. The number of rotatable bonds is 12. The predicted octanol–water partition coefficient (Wildman–Crippen LogP) is 2.72. The first-order valence-electron chi connectivity index (χ1n) is 10.4. The maximum Gasteiger partial charge on any atom is 0.329 e. The number of nitrogens with one attached hydrogen (secondary N) is 2. The lowest BCUT2D eigenvalue weighted by molar-refractivity contribution is -0.144. The quantitative estimate of drug-likeness (QED) is 0.164. The summed E-state index contributed by atoms with van der Waals surface area (Å²) in [6.45, 7) is 0.204. The highest BCUT2D eigenvalue weighted by atomic mass is 35.5. The van der Waals surface area contributed by atoms with Gasteiger partial charge in [0.25, 0.3) is 5.91 Å². The van der Waals surface area contributed by atoms with Crippen molar-refractivity contribution in [3.8, 4) is 12.3 Å². The third-order valence-corrected chi connectivity index (χ3v) is 4.94. The largest absolute Gasteiger partial charge is 0.451 e. The Hall–Kier alpha value is -3.63. The number of amides is 2. The van der Waals surface area contributed by atoms with Gasteiger partial charge >= 0.3 is 5.97 Å². The number of hydrogen-bond donors (Lipinski definition) is 2. The third kappa shape index (κ3) is 8.43. The maximum absolute atomic E-state index is 12.7. The molecule has 2 amide bonds. The lowest BCUT2D eigenvalue weighted by Gasteiger charge is -2.17. The van der Waals surface area contributed by atoms with Crippen molar-refractivity contribution in [2.45, 2.75) is 25.3 Å². The van der Waals surface area contributed by atoms with Crippen LogP contribution in [0.4, 0.5) is 0 Å². The van der Waals surface area contributed by atoms with Gasteiger partial charge in [0.05, 0.1) is 0 Å². The Morgan fingerprint density at radius 1 is 0.939 bits per heavy atom. The molecule has 0 bridgehead atoms. The van der Waals surface area contributed by atoms with Crippen LogP contribution in [0.2, 0.25) is 0 Å². The van der Waals surface area contributed by atoms with Crippen molar-refractivity contribution in [2.75, 3.05) is 19.0 Å². The zero-order valence-electron chi connectivity index (χ0n) is 18.0. The van der Waals surface area contributed by atoms with Crippen molar-refractivity contribution in [1.82, 2.24) is 10.6 Å². The number of carbonyl (C=O) groups is 4. The summed E-state index contributed by atoms with van der Waals surface area (Å²) in [5.74, 6) is 0.554. The summed E-state index contributed by atoms with van der Waals surface area (Å²) < 4.78 is 4.98. The van der Waals surface area contributed by atoms with Crippen LogP contribution in [0, 0.1) is 12.3 Å². The van der Waals surface area contributed by atoms with Crippen LogP contribution in [0.25, 0.3) is 0 Å². The fraction of sp³-hybridized carbons (Fsp3) is 0.280. The molecule has 0 aliphatic heterocycles. The highest BCUT2D eigenvalue weighted by Crippen LogP contribution is 2.12. The second-order valence-corrected chi connectivity index (χ2v) is 7.36. The van der Waals surface area contributed by atoms with Crippen molar-refractivity contribution in [2.24, 2.45) is 0 Å². The molecule has 33 heavy (non-hydrogen) atoms. The number of esters is 1. The molecule has 0 spiro atoms. The summed E-state index contributed by atoms with van der Waals surface area (Å²) in [5, 5.41) is 5.29. The molecule has 1 atom stereocenters. The van der Waals surface area contributed by atoms with E-state index in [1.165, 1.54) is 12.1 Å². The van der Waals surface area contributed by atoms with Crippen LogP contribution in [-0.2, 0) is 14.3 Å². The Morgan fingerprint density at radius 3 is 2.21 bits per heavy atom. The van der Waals surface area contributed by atoms with Crippen LogP contribution in [0.5, 0.6) is 0 Å². The van der Waals surface area contributed by atoms with Crippen LogP contribution in [-0.4, -0.2) is 48.6 Å². The van der Waals surface area contributed by atoms with E-state index >= 15 is 0 Å². The van der Waals surface area contributed by atoms with Crippen molar-refractivity contribution in [3.05, 3.63) is 71.3 Å².